The number of nitrogens with one attached hydrogen (secondary N) is 1. The van der Waals surface area contributed by atoms with Crippen LogP contribution < -0.4 is 9.64 Å². The molecule has 1 saturated carbocycles. The molecule has 2 heterocycles. The Balaban J connectivity index is 0.00000113. The van der Waals surface area contributed by atoms with Crippen molar-refractivity contribution in [2.24, 2.45) is 11.3 Å². The topological polar surface area (TPSA) is 62.1 Å². The third kappa shape index (κ3) is 13.5. The minimum atomic E-state index is -0.431. The molecule has 58 heavy (non-hydrogen) atoms. The lowest BCUT2D eigenvalue weighted by Gasteiger charge is -2.33. The molecule has 1 N–H and O–H groups in total. The molecular weight excluding hydrogens is 716 g/mol. The standard InChI is InChI=1S/C39H57FN4O.C6H14.C5H12.C2H6/c1-12-24(9)26(11)31(25(10)23(7)8)35(41)32-29(15-4)30(16-5)33-36(34(32)40)42-38(45-22-39(17-6)20-21-39)43-37(33)44-27(13-2)18-19-28(44)14-3;1-3-5-6-4-2;1-4-5(2)3;1-2/h12,27-28,41H,13-22H2,1-11H3;3-6H2,1-2H3;5H,4H2,1-3H3;1-2H3/b24-12-,31-26-,41-35?;;;. The van der Waals surface area contributed by atoms with Crippen LogP contribution in [0.1, 0.15) is 218 Å². The van der Waals surface area contributed by atoms with Crippen molar-refractivity contribution in [3.8, 4) is 6.01 Å². The lowest BCUT2D eigenvalue weighted by atomic mass is 9.83. The summed E-state index contributed by atoms with van der Waals surface area (Å²) >= 11 is 0. The summed E-state index contributed by atoms with van der Waals surface area (Å²) in [6, 6.07) is 0.931. The quantitative estimate of drug-likeness (QED) is 0.0983. The van der Waals surface area contributed by atoms with E-state index in [9.17, 15) is 5.41 Å². The Morgan fingerprint density at radius 1 is 0.845 bits per heavy atom. The fraction of sp³-hybridized carbons (Fsp3) is 0.712. The second-order valence-corrected chi connectivity index (χ2v) is 17.1. The van der Waals surface area contributed by atoms with Crippen LogP contribution in [-0.4, -0.2) is 34.4 Å². The van der Waals surface area contributed by atoms with Crippen LogP contribution in [0.25, 0.3) is 10.9 Å². The van der Waals surface area contributed by atoms with E-state index in [2.05, 4.69) is 101 Å². The number of aromatic nitrogens is 2. The van der Waals surface area contributed by atoms with E-state index in [0.29, 0.717) is 37.1 Å². The van der Waals surface area contributed by atoms with Gasteiger partial charge in [-0.1, -0.05) is 132 Å². The average molecular weight is 805 g/mol. The minimum Gasteiger partial charge on any atom is -0.463 e. The van der Waals surface area contributed by atoms with Gasteiger partial charge in [-0.3, -0.25) is 5.41 Å². The van der Waals surface area contributed by atoms with Crippen LogP contribution in [0, 0.1) is 22.6 Å². The summed E-state index contributed by atoms with van der Waals surface area (Å²) in [5.41, 5.74) is 7.99. The fourth-order valence-electron chi connectivity index (χ4n) is 7.76. The van der Waals surface area contributed by atoms with Crippen LogP contribution in [0.2, 0.25) is 0 Å². The van der Waals surface area contributed by atoms with E-state index in [-0.39, 0.29) is 22.7 Å². The molecule has 1 aliphatic carbocycles. The van der Waals surface area contributed by atoms with Gasteiger partial charge < -0.3 is 9.64 Å². The van der Waals surface area contributed by atoms with Crippen molar-refractivity contribution in [1.29, 1.82) is 5.41 Å². The normalized spacial score (nSPS) is 17.4. The molecule has 2 aliphatic rings. The number of anilines is 1. The minimum absolute atomic E-state index is 0.181. The number of fused-ring (bicyclic) bond motifs is 1. The molecule has 2 atom stereocenters. The monoisotopic (exact) mass is 805 g/mol. The largest absolute Gasteiger partial charge is 0.463 e. The second-order valence-electron chi connectivity index (χ2n) is 17.1. The molecule has 0 bridgehead atoms. The Morgan fingerprint density at radius 3 is 1.74 bits per heavy atom. The summed E-state index contributed by atoms with van der Waals surface area (Å²) < 4.78 is 23.8. The number of benzene rings is 1. The van der Waals surface area contributed by atoms with Crippen molar-refractivity contribution in [2.45, 2.75) is 227 Å². The van der Waals surface area contributed by atoms with Crippen LogP contribution >= 0.6 is 0 Å². The SMILES string of the molecule is C/C=C(C)\C(C)=C(/C(=N)c1c(CC)c(CC)c2c(N3C(CC)CCC3CC)nc(OCC3(CC)CC3)nc2c1F)C(C)=C(C)C.CC.CCC(C)C.CCCCCC. The number of hydrogen-bond acceptors (Lipinski definition) is 5. The highest BCUT2D eigenvalue weighted by Gasteiger charge is 2.42. The lowest BCUT2D eigenvalue weighted by Crippen LogP contribution is -2.36. The first-order valence-corrected chi connectivity index (χ1v) is 23.7. The Hall–Kier alpha value is -3.02. The van der Waals surface area contributed by atoms with Gasteiger partial charge in [-0.25, -0.2) is 4.39 Å². The van der Waals surface area contributed by atoms with Crippen molar-refractivity contribution < 1.29 is 9.13 Å². The fourth-order valence-corrected chi connectivity index (χ4v) is 7.76. The van der Waals surface area contributed by atoms with Crippen molar-refractivity contribution in [1.82, 2.24) is 9.97 Å². The first-order valence-electron chi connectivity index (χ1n) is 23.7. The maximum absolute atomic E-state index is 17.5. The van der Waals surface area contributed by atoms with Crippen LogP contribution in [0.3, 0.4) is 0 Å². The summed E-state index contributed by atoms with van der Waals surface area (Å²) in [7, 11) is 0. The number of hydrogen-bond donors (Lipinski definition) is 1. The lowest BCUT2D eigenvalue weighted by molar-refractivity contribution is 0.214. The molecule has 1 aliphatic heterocycles. The van der Waals surface area contributed by atoms with E-state index in [4.69, 9.17) is 14.7 Å². The number of nitrogens with zero attached hydrogens (tertiary/aromatic N) is 3. The predicted molar refractivity (Wildman–Crippen MR) is 255 cm³/mol. The zero-order valence-corrected chi connectivity index (χ0v) is 41.0. The van der Waals surface area contributed by atoms with E-state index in [1.807, 2.05) is 34.6 Å². The summed E-state index contributed by atoms with van der Waals surface area (Å²) in [6.45, 7) is 38.9. The number of halogens is 1. The third-order valence-electron chi connectivity index (χ3n) is 12.8. The maximum atomic E-state index is 17.5. The average Bonchev–Trinajstić information content (AvgIpc) is 3.91. The molecule has 0 radical (unpaired) electrons. The van der Waals surface area contributed by atoms with Crippen molar-refractivity contribution in [2.75, 3.05) is 11.5 Å². The highest BCUT2D eigenvalue weighted by atomic mass is 19.1. The Kier molecular flexibility index (Phi) is 24.0. The van der Waals surface area contributed by atoms with Gasteiger partial charge in [0, 0.05) is 34.0 Å². The summed E-state index contributed by atoms with van der Waals surface area (Å²) in [5.74, 6) is 1.27. The van der Waals surface area contributed by atoms with E-state index in [0.717, 1.165) is 101 Å². The molecule has 0 amide bonds. The van der Waals surface area contributed by atoms with Gasteiger partial charge in [0.15, 0.2) is 5.82 Å². The van der Waals surface area contributed by atoms with Gasteiger partial charge in [0.2, 0.25) is 0 Å². The van der Waals surface area contributed by atoms with E-state index in [1.54, 1.807) is 0 Å². The first-order chi connectivity index (χ1) is 27.6. The van der Waals surface area contributed by atoms with Crippen LogP contribution in [0.5, 0.6) is 6.01 Å². The first kappa shape index (κ1) is 53.0. The zero-order valence-electron chi connectivity index (χ0n) is 41.0. The molecule has 2 aromatic rings. The molecule has 1 saturated heterocycles. The number of unbranched alkanes of at least 4 members (excludes halogenated alkanes) is 3. The molecule has 4 rings (SSSR count). The number of allylic oxidation sites excluding steroid dienone is 6. The molecular formula is C52H89FN4O. The molecule has 0 spiro atoms. The smallest absolute Gasteiger partial charge is 0.319 e. The third-order valence-corrected chi connectivity index (χ3v) is 12.8. The van der Waals surface area contributed by atoms with Gasteiger partial charge in [0.1, 0.15) is 11.3 Å². The van der Waals surface area contributed by atoms with Gasteiger partial charge in [0.25, 0.3) is 0 Å². The van der Waals surface area contributed by atoms with Gasteiger partial charge in [-0.2, -0.15) is 9.97 Å². The molecule has 5 nitrogen and oxygen atoms in total. The van der Waals surface area contributed by atoms with Gasteiger partial charge in [0.05, 0.1) is 12.3 Å². The summed E-state index contributed by atoms with van der Waals surface area (Å²) in [6.07, 6.45) is 17.8. The predicted octanol–water partition coefficient (Wildman–Crippen LogP) is 16.3. The Labute approximate surface area is 357 Å². The highest BCUT2D eigenvalue weighted by Crippen LogP contribution is 2.49. The summed E-state index contributed by atoms with van der Waals surface area (Å²) in [4.78, 5) is 12.5. The number of rotatable bonds is 17. The van der Waals surface area contributed by atoms with Crippen LogP contribution in [0.15, 0.2) is 33.9 Å². The van der Waals surface area contributed by atoms with Gasteiger partial charge in [-0.05, 0) is 128 Å². The Morgan fingerprint density at radius 2 is 1.36 bits per heavy atom. The highest BCUT2D eigenvalue weighted by molar-refractivity contribution is 6.17. The maximum Gasteiger partial charge on any atom is 0.319 e. The second kappa shape index (κ2) is 26.2. The molecule has 2 unspecified atom stereocenters. The molecule has 2 fully saturated rings. The van der Waals surface area contributed by atoms with E-state index < -0.39 is 5.82 Å². The summed E-state index contributed by atoms with van der Waals surface area (Å²) in [5, 5.41) is 10.5. The van der Waals surface area contributed by atoms with E-state index >= 15 is 4.39 Å². The van der Waals surface area contributed by atoms with Crippen molar-refractivity contribution in [3.63, 3.8) is 0 Å². The number of aryl methyl sites for hydroxylation is 1. The molecule has 330 valence electrons. The molecule has 6 heteroatoms. The zero-order chi connectivity index (χ0) is 44.3. The van der Waals surface area contributed by atoms with E-state index in [1.165, 1.54) is 32.1 Å². The van der Waals surface area contributed by atoms with Gasteiger partial charge >= 0.3 is 6.01 Å². The molecule has 1 aromatic heterocycles. The van der Waals surface area contributed by atoms with Crippen molar-refractivity contribution >= 4 is 22.4 Å². The van der Waals surface area contributed by atoms with Crippen molar-refractivity contribution in [3.05, 3.63) is 56.4 Å². The molecule has 1 aromatic carbocycles. The van der Waals surface area contributed by atoms with Gasteiger partial charge in [-0.15, -0.1) is 0 Å². The Bertz CT molecular complexity index is 1660. The number of ether oxygens (including phenoxy) is 1. The van der Waals surface area contributed by atoms with Crippen LogP contribution in [0.4, 0.5) is 10.2 Å². The van der Waals surface area contributed by atoms with Crippen LogP contribution in [-0.2, 0) is 12.8 Å².